The smallest absolute Gasteiger partial charge is 0.270 e. The van der Waals surface area contributed by atoms with E-state index in [1.165, 1.54) is 0 Å². The molecular weight excluding hydrogens is 338 g/mol. The molecule has 0 aliphatic heterocycles. The van der Waals surface area contributed by atoms with Crippen LogP contribution >= 0.6 is 0 Å². The van der Waals surface area contributed by atoms with Crippen LogP contribution in [0.5, 0.6) is 0 Å². The molecule has 3 rings (SSSR count). The van der Waals surface area contributed by atoms with Gasteiger partial charge in [-0.25, -0.2) is 9.97 Å². The summed E-state index contributed by atoms with van der Waals surface area (Å²) in [5, 5.41) is 2.91. The minimum atomic E-state index is -0.230. The molecule has 6 nitrogen and oxygen atoms in total. The fourth-order valence-corrected chi connectivity index (χ4v) is 2.75. The molecular formula is C21H23N5O. The Balaban J connectivity index is 1.90. The normalized spacial score (nSPS) is 10.4. The zero-order chi connectivity index (χ0) is 19.1. The molecule has 0 saturated carbocycles. The molecule has 0 saturated heterocycles. The van der Waals surface area contributed by atoms with Crippen LogP contribution in [0.1, 0.15) is 29.9 Å². The molecule has 2 aromatic heterocycles. The van der Waals surface area contributed by atoms with E-state index in [-0.39, 0.29) is 5.91 Å². The Labute approximate surface area is 159 Å². The maximum Gasteiger partial charge on any atom is 0.270 e. The second-order valence-electron chi connectivity index (χ2n) is 6.02. The lowest BCUT2D eigenvalue weighted by molar-refractivity contribution is 0.0946. The van der Waals surface area contributed by atoms with Crippen molar-refractivity contribution in [2.75, 3.05) is 18.0 Å². The summed E-state index contributed by atoms with van der Waals surface area (Å²) in [5.41, 5.74) is 2.18. The summed E-state index contributed by atoms with van der Waals surface area (Å²) in [7, 11) is 0. The number of nitrogens with one attached hydrogen (secondary N) is 1. The van der Waals surface area contributed by atoms with Crippen LogP contribution in [-0.4, -0.2) is 33.9 Å². The van der Waals surface area contributed by atoms with Crippen molar-refractivity contribution >= 4 is 11.7 Å². The van der Waals surface area contributed by atoms with Gasteiger partial charge in [0.25, 0.3) is 5.91 Å². The molecule has 0 aliphatic rings. The highest BCUT2D eigenvalue weighted by molar-refractivity contribution is 5.93. The van der Waals surface area contributed by atoms with E-state index in [9.17, 15) is 4.79 Å². The van der Waals surface area contributed by atoms with Crippen molar-refractivity contribution in [3.8, 4) is 11.4 Å². The average molecular weight is 361 g/mol. The minimum absolute atomic E-state index is 0.230. The first kappa shape index (κ1) is 18.5. The molecule has 6 heteroatoms. The van der Waals surface area contributed by atoms with E-state index >= 15 is 0 Å². The Morgan fingerprint density at radius 2 is 1.81 bits per heavy atom. The molecule has 138 valence electrons. The van der Waals surface area contributed by atoms with Gasteiger partial charge in [-0.05, 0) is 25.5 Å². The molecule has 0 radical (unpaired) electrons. The topological polar surface area (TPSA) is 71.0 Å². The summed E-state index contributed by atoms with van der Waals surface area (Å²) in [4.78, 5) is 28.1. The van der Waals surface area contributed by atoms with Crippen LogP contribution in [0.2, 0.25) is 0 Å². The second kappa shape index (κ2) is 8.89. The van der Waals surface area contributed by atoms with Gasteiger partial charge >= 0.3 is 0 Å². The SMILES string of the molecule is CCN(CC)c1cc(C(=O)NCc2cccnc2)nc(-c2ccccc2)n1. The molecule has 0 aliphatic carbocycles. The number of aromatic nitrogens is 3. The van der Waals surface area contributed by atoms with Crippen LogP contribution in [0.3, 0.4) is 0 Å². The zero-order valence-corrected chi connectivity index (χ0v) is 15.6. The number of carbonyl (C=O) groups excluding carboxylic acids is 1. The van der Waals surface area contributed by atoms with Crippen LogP contribution in [0.15, 0.2) is 60.9 Å². The molecule has 0 fully saturated rings. The Kier molecular flexibility index (Phi) is 6.10. The van der Waals surface area contributed by atoms with Gasteiger partial charge in [-0.15, -0.1) is 0 Å². The molecule has 0 spiro atoms. The van der Waals surface area contributed by atoms with Crippen LogP contribution in [0.25, 0.3) is 11.4 Å². The molecule has 3 aromatic rings. The van der Waals surface area contributed by atoms with Crippen molar-refractivity contribution < 1.29 is 4.79 Å². The highest BCUT2D eigenvalue weighted by atomic mass is 16.1. The van der Waals surface area contributed by atoms with E-state index in [4.69, 9.17) is 0 Å². The maximum absolute atomic E-state index is 12.7. The molecule has 1 aromatic carbocycles. The highest BCUT2D eigenvalue weighted by Gasteiger charge is 2.15. The van der Waals surface area contributed by atoms with Gasteiger partial charge in [-0.1, -0.05) is 36.4 Å². The fraction of sp³-hybridized carbons (Fsp3) is 0.238. The molecule has 0 bridgehead atoms. The number of nitrogens with zero attached hydrogens (tertiary/aromatic N) is 4. The van der Waals surface area contributed by atoms with E-state index in [1.807, 2.05) is 42.5 Å². The van der Waals surface area contributed by atoms with E-state index in [2.05, 4.69) is 39.0 Å². The summed E-state index contributed by atoms with van der Waals surface area (Å²) in [6.07, 6.45) is 3.44. The standard InChI is InChI=1S/C21H23N5O/c1-3-26(4-2)19-13-18(21(27)23-15-16-9-8-12-22-14-16)24-20(25-19)17-10-6-5-7-11-17/h5-14H,3-4,15H2,1-2H3,(H,23,27). The van der Waals surface area contributed by atoms with Gasteiger partial charge in [-0.2, -0.15) is 0 Å². The maximum atomic E-state index is 12.7. The first-order valence-electron chi connectivity index (χ1n) is 9.07. The van der Waals surface area contributed by atoms with Crippen LogP contribution in [-0.2, 0) is 6.54 Å². The number of pyridine rings is 1. The number of anilines is 1. The largest absolute Gasteiger partial charge is 0.357 e. The fourth-order valence-electron chi connectivity index (χ4n) is 2.75. The summed E-state index contributed by atoms with van der Waals surface area (Å²) >= 11 is 0. The molecule has 2 heterocycles. The summed E-state index contributed by atoms with van der Waals surface area (Å²) in [6, 6.07) is 15.2. The monoisotopic (exact) mass is 361 g/mol. The molecule has 27 heavy (non-hydrogen) atoms. The number of benzene rings is 1. The van der Waals surface area contributed by atoms with Gasteiger partial charge in [-0.3, -0.25) is 9.78 Å². The summed E-state index contributed by atoms with van der Waals surface area (Å²) < 4.78 is 0. The summed E-state index contributed by atoms with van der Waals surface area (Å²) in [5.74, 6) is 1.07. The predicted molar refractivity (Wildman–Crippen MR) is 106 cm³/mol. The van der Waals surface area contributed by atoms with E-state index in [0.29, 0.717) is 18.1 Å². The third-order valence-corrected chi connectivity index (χ3v) is 4.24. The van der Waals surface area contributed by atoms with Gasteiger partial charge in [0.2, 0.25) is 0 Å². The molecule has 1 amide bonds. The van der Waals surface area contributed by atoms with Crippen LogP contribution in [0, 0.1) is 0 Å². The quantitative estimate of drug-likeness (QED) is 0.699. The zero-order valence-electron chi connectivity index (χ0n) is 15.6. The lowest BCUT2D eigenvalue weighted by Gasteiger charge is -2.21. The number of amides is 1. The number of rotatable bonds is 7. The third kappa shape index (κ3) is 4.67. The van der Waals surface area contributed by atoms with Gasteiger partial charge in [0, 0.05) is 43.7 Å². The lowest BCUT2D eigenvalue weighted by Crippen LogP contribution is -2.27. The number of hydrogen-bond donors (Lipinski definition) is 1. The first-order valence-corrected chi connectivity index (χ1v) is 9.07. The number of hydrogen-bond acceptors (Lipinski definition) is 5. The van der Waals surface area contributed by atoms with E-state index in [1.54, 1.807) is 18.5 Å². The van der Waals surface area contributed by atoms with Crippen molar-refractivity contribution in [1.82, 2.24) is 20.3 Å². The van der Waals surface area contributed by atoms with Crippen molar-refractivity contribution in [3.63, 3.8) is 0 Å². The van der Waals surface area contributed by atoms with Crippen LogP contribution in [0.4, 0.5) is 5.82 Å². The Morgan fingerprint density at radius 1 is 1.04 bits per heavy atom. The predicted octanol–water partition coefficient (Wildman–Crippen LogP) is 3.31. The van der Waals surface area contributed by atoms with Crippen LogP contribution < -0.4 is 10.2 Å². The van der Waals surface area contributed by atoms with Crippen molar-refractivity contribution in [2.45, 2.75) is 20.4 Å². The minimum Gasteiger partial charge on any atom is -0.357 e. The number of carbonyl (C=O) groups is 1. The van der Waals surface area contributed by atoms with Gasteiger partial charge in [0.1, 0.15) is 11.5 Å². The van der Waals surface area contributed by atoms with E-state index < -0.39 is 0 Å². The molecule has 0 unspecified atom stereocenters. The van der Waals surface area contributed by atoms with Crippen molar-refractivity contribution in [3.05, 3.63) is 72.2 Å². The van der Waals surface area contributed by atoms with Gasteiger partial charge in [0.05, 0.1) is 0 Å². The second-order valence-corrected chi connectivity index (χ2v) is 6.02. The summed E-state index contributed by atoms with van der Waals surface area (Å²) in [6.45, 7) is 6.14. The Bertz CT molecular complexity index is 880. The Hall–Kier alpha value is -3.28. The van der Waals surface area contributed by atoms with Gasteiger partial charge < -0.3 is 10.2 Å². The first-order chi connectivity index (χ1) is 13.2. The lowest BCUT2D eigenvalue weighted by atomic mass is 10.2. The van der Waals surface area contributed by atoms with Gasteiger partial charge in [0.15, 0.2) is 5.82 Å². The Morgan fingerprint density at radius 3 is 2.48 bits per heavy atom. The average Bonchev–Trinajstić information content (AvgIpc) is 2.74. The van der Waals surface area contributed by atoms with Crippen molar-refractivity contribution in [2.24, 2.45) is 0 Å². The third-order valence-electron chi connectivity index (χ3n) is 4.24. The van der Waals surface area contributed by atoms with E-state index in [0.717, 1.165) is 30.0 Å². The molecule has 0 atom stereocenters. The highest BCUT2D eigenvalue weighted by Crippen LogP contribution is 2.20. The van der Waals surface area contributed by atoms with Crippen molar-refractivity contribution in [1.29, 1.82) is 0 Å². The molecule has 1 N–H and O–H groups in total.